The Morgan fingerprint density at radius 2 is 2.17 bits per heavy atom. The number of nitrogens with one attached hydrogen (secondary N) is 1. The number of hydrogen-bond donors (Lipinski definition) is 5. The molecule has 9 nitrogen and oxygen atoms in total. The van der Waals surface area contributed by atoms with E-state index in [9.17, 15) is 10.2 Å². The second-order valence-electron chi connectivity index (χ2n) is 3.69. The minimum absolute atomic E-state index is 0. The molecule has 10 heteroatoms. The Labute approximate surface area is 108 Å². The molecule has 2 heterocycles. The predicted octanol–water partition coefficient (Wildman–Crippen LogP) is -2.40. The zero-order valence-electron chi connectivity index (χ0n) is 9.17. The molecular weight excluding hydrogens is 266 g/mol. The standard InChI is InChI=1S/C8H13N5O4.ClH/c9-6(10)7-11-2-13(12-7)8-5(16)4(15)3(1-14)17-8;/h2-5,8,14-16H,1H2,(H3,9,10);1H/t3?,4?,5-,8?;/m0./s1. The highest BCUT2D eigenvalue weighted by Crippen LogP contribution is 2.28. The van der Waals surface area contributed by atoms with E-state index < -0.39 is 31.1 Å². The zero-order chi connectivity index (χ0) is 12.6. The van der Waals surface area contributed by atoms with Gasteiger partial charge >= 0.3 is 0 Å². The van der Waals surface area contributed by atoms with Crippen molar-refractivity contribution in [3.63, 3.8) is 0 Å². The Hall–Kier alpha value is -1.26. The number of aliphatic hydroxyl groups is 3. The Balaban J connectivity index is 0.00000162. The third kappa shape index (κ3) is 2.44. The smallest absolute Gasteiger partial charge is 0.215 e. The first-order chi connectivity index (χ1) is 8.04. The van der Waals surface area contributed by atoms with E-state index in [1.165, 1.54) is 6.33 Å². The van der Waals surface area contributed by atoms with Crippen molar-refractivity contribution >= 4 is 18.2 Å². The maximum Gasteiger partial charge on any atom is 0.215 e. The molecule has 0 spiro atoms. The highest BCUT2D eigenvalue weighted by molar-refractivity contribution is 5.90. The molecule has 1 aliphatic rings. The molecule has 1 saturated heterocycles. The Kier molecular flexibility index (Phi) is 4.59. The monoisotopic (exact) mass is 279 g/mol. The molecule has 0 radical (unpaired) electrons. The molecule has 0 aromatic carbocycles. The van der Waals surface area contributed by atoms with Gasteiger partial charge in [0.05, 0.1) is 6.61 Å². The summed E-state index contributed by atoms with van der Waals surface area (Å²) in [6.45, 7) is -0.414. The van der Waals surface area contributed by atoms with Gasteiger partial charge in [-0.25, -0.2) is 9.67 Å². The summed E-state index contributed by atoms with van der Waals surface area (Å²) >= 11 is 0. The van der Waals surface area contributed by atoms with Gasteiger partial charge in [-0.2, -0.15) is 0 Å². The van der Waals surface area contributed by atoms with Crippen LogP contribution in [0.2, 0.25) is 0 Å². The van der Waals surface area contributed by atoms with E-state index in [1.54, 1.807) is 0 Å². The van der Waals surface area contributed by atoms with E-state index in [4.69, 9.17) is 21.0 Å². The lowest BCUT2D eigenvalue weighted by Gasteiger charge is -2.13. The molecule has 0 bridgehead atoms. The van der Waals surface area contributed by atoms with Crippen molar-refractivity contribution < 1.29 is 20.1 Å². The van der Waals surface area contributed by atoms with Crippen molar-refractivity contribution in [2.45, 2.75) is 24.5 Å². The van der Waals surface area contributed by atoms with Crippen LogP contribution in [0.4, 0.5) is 0 Å². The maximum absolute atomic E-state index is 9.70. The van der Waals surface area contributed by atoms with Crippen molar-refractivity contribution in [3.05, 3.63) is 12.2 Å². The van der Waals surface area contributed by atoms with Gasteiger partial charge < -0.3 is 25.8 Å². The predicted molar refractivity (Wildman–Crippen MR) is 61.3 cm³/mol. The highest BCUT2D eigenvalue weighted by Gasteiger charge is 2.43. The maximum atomic E-state index is 9.70. The fourth-order valence-electron chi connectivity index (χ4n) is 1.62. The van der Waals surface area contributed by atoms with Gasteiger partial charge in [0.25, 0.3) is 0 Å². The SMILES string of the molecule is Cl.N=C(N)c1ncn(C2OC(CO)C(O)[C@@H]2O)n1. The molecule has 0 saturated carbocycles. The number of amidine groups is 1. The Morgan fingerprint density at radius 3 is 2.61 bits per heavy atom. The quantitative estimate of drug-likeness (QED) is 0.305. The fourth-order valence-corrected chi connectivity index (χ4v) is 1.62. The Morgan fingerprint density at radius 1 is 1.50 bits per heavy atom. The van der Waals surface area contributed by atoms with Crippen LogP contribution in [0.5, 0.6) is 0 Å². The average Bonchev–Trinajstić information content (AvgIpc) is 2.87. The van der Waals surface area contributed by atoms with Crippen LogP contribution >= 0.6 is 12.4 Å². The van der Waals surface area contributed by atoms with Gasteiger partial charge in [-0.1, -0.05) is 0 Å². The lowest BCUT2D eigenvalue weighted by Crippen LogP contribution is -2.33. The van der Waals surface area contributed by atoms with Crippen molar-refractivity contribution in [2.75, 3.05) is 6.61 Å². The minimum atomic E-state index is -1.23. The summed E-state index contributed by atoms with van der Waals surface area (Å²) in [5, 5.41) is 39.1. The first kappa shape index (κ1) is 14.8. The van der Waals surface area contributed by atoms with Crippen LogP contribution < -0.4 is 5.73 Å². The van der Waals surface area contributed by atoms with Gasteiger partial charge in [0, 0.05) is 0 Å². The largest absolute Gasteiger partial charge is 0.394 e. The number of hydrogen-bond acceptors (Lipinski definition) is 7. The lowest BCUT2D eigenvalue weighted by atomic mass is 10.1. The van der Waals surface area contributed by atoms with Crippen LogP contribution in [0.15, 0.2) is 6.33 Å². The molecule has 102 valence electrons. The average molecular weight is 280 g/mol. The second-order valence-corrected chi connectivity index (χ2v) is 3.69. The summed E-state index contributed by atoms with van der Waals surface area (Å²) in [5.41, 5.74) is 5.19. The number of nitrogens with two attached hydrogens (primary N) is 1. The molecule has 3 unspecified atom stereocenters. The second kappa shape index (κ2) is 5.59. The van der Waals surface area contributed by atoms with Gasteiger partial charge in [0.15, 0.2) is 12.1 Å². The van der Waals surface area contributed by atoms with Gasteiger partial charge in [-0.05, 0) is 0 Å². The molecule has 6 N–H and O–H groups in total. The van der Waals surface area contributed by atoms with Gasteiger partial charge in [-0.15, -0.1) is 17.5 Å². The van der Waals surface area contributed by atoms with Crippen LogP contribution in [0.25, 0.3) is 0 Å². The molecule has 1 aliphatic heterocycles. The molecule has 4 atom stereocenters. The Bertz CT molecular complexity index is 427. The highest BCUT2D eigenvalue weighted by atomic mass is 35.5. The van der Waals surface area contributed by atoms with E-state index in [2.05, 4.69) is 10.1 Å². The summed E-state index contributed by atoms with van der Waals surface area (Å²) in [6, 6.07) is 0. The number of nitrogen functional groups attached to an aromatic ring is 1. The van der Waals surface area contributed by atoms with E-state index >= 15 is 0 Å². The van der Waals surface area contributed by atoms with E-state index in [0.29, 0.717) is 0 Å². The number of ether oxygens (including phenoxy) is 1. The number of nitrogens with zero attached hydrogens (tertiary/aromatic N) is 3. The first-order valence-electron chi connectivity index (χ1n) is 4.92. The topological polar surface area (TPSA) is 150 Å². The third-order valence-corrected chi connectivity index (χ3v) is 2.53. The number of aliphatic hydroxyl groups excluding tert-OH is 3. The van der Waals surface area contributed by atoms with Crippen LogP contribution in [0.1, 0.15) is 12.1 Å². The van der Waals surface area contributed by atoms with Crippen LogP contribution in [0.3, 0.4) is 0 Å². The molecule has 1 aromatic heterocycles. The molecule has 1 fully saturated rings. The molecule has 2 rings (SSSR count). The molecule has 18 heavy (non-hydrogen) atoms. The van der Waals surface area contributed by atoms with E-state index in [-0.39, 0.29) is 24.1 Å². The number of halogens is 1. The van der Waals surface area contributed by atoms with Crippen molar-refractivity contribution in [2.24, 2.45) is 5.73 Å². The van der Waals surface area contributed by atoms with E-state index in [0.717, 1.165) is 4.68 Å². The summed E-state index contributed by atoms with van der Waals surface area (Å²) in [5.74, 6) is -0.307. The van der Waals surface area contributed by atoms with Crippen LogP contribution in [0, 0.1) is 5.41 Å². The van der Waals surface area contributed by atoms with Crippen molar-refractivity contribution in [1.29, 1.82) is 5.41 Å². The summed E-state index contributed by atoms with van der Waals surface area (Å²) in [4.78, 5) is 3.74. The third-order valence-electron chi connectivity index (χ3n) is 2.53. The number of rotatable bonds is 3. The van der Waals surface area contributed by atoms with Crippen LogP contribution in [-0.4, -0.2) is 60.8 Å². The van der Waals surface area contributed by atoms with Gasteiger partial charge in [-0.3, -0.25) is 5.41 Å². The van der Waals surface area contributed by atoms with Gasteiger partial charge in [0.1, 0.15) is 24.6 Å². The molecule has 1 aromatic rings. The van der Waals surface area contributed by atoms with Crippen molar-refractivity contribution in [1.82, 2.24) is 14.8 Å². The normalized spacial score (nSPS) is 31.1. The van der Waals surface area contributed by atoms with Gasteiger partial charge in [0.2, 0.25) is 5.82 Å². The minimum Gasteiger partial charge on any atom is -0.394 e. The molecule has 0 amide bonds. The summed E-state index contributed by atoms with van der Waals surface area (Å²) in [7, 11) is 0. The summed E-state index contributed by atoms with van der Waals surface area (Å²) < 4.78 is 6.37. The summed E-state index contributed by atoms with van der Waals surface area (Å²) in [6.07, 6.45) is -3.02. The zero-order valence-corrected chi connectivity index (χ0v) is 9.99. The molecular formula is C8H14ClN5O4. The molecule has 0 aliphatic carbocycles. The van der Waals surface area contributed by atoms with E-state index in [1.807, 2.05) is 0 Å². The van der Waals surface area contributed by atoms with Crippen molar-refractivity contribution in [3.8, 4) is 0 Å². The lowest BCUT2D eigenvalue weighted by molar-refractivity contribution is -0.0588. The number of aromatic nitrogens is 3. The fraction of sp³-hybridized carbons (Fsp3) is 0.625. The first-order valence-corrected chi connectivity index (χ1v) is 4.92. The van der Waals surface area contributed by atoms with Crippen LogP contribution in [-0.2, 0) is 4.74 Å².